The molecule has 1 aromatic heterocycles. The number of anilines is 2. The number of aromatic nitrogens is 1. The van der Waals surface area contributed by atoms with Crippen LogP contribution >= 0.6 is 0 Å². The van der Waals surface area contributed by atoms with Gasteiger partial charge in [-0.15, -0.1) is 0 Å². The third-order valence-electron chi connectivity index (χ3n) is 8.54. The molecule has 1 amide bonds. The Kier molecular flexibility index (Phi) is 8.51. The maximum absolute atomic E-state index is 14.4. The van der Waals surface area contributed by atoms with E-state index in [1.165, 1.54) is 21.9 Å². The molecule has 0 radical (unpaired) electrons. The lowest BCUT2D eigenvalue weighted by Crippen LogP contribution is -2.54. The van der Waals surface area contributed by atoms with Crippen molar-refractivity contribution in [2.75, 3.05) is 56.2 Å². The number of benzene rings is 1. The van der Waals surface area contributed by atoms with E-state index in [1.807, 2.05) is 11.9 Å². The predicted octanol–water partition coefficient (Wildman–Crippen LogP) is 4.67. The minimum Gasteiger partial charge on any atom is -0.475 e. The molecule has 2 aromatic rings. The van der Waals surface area contributed by atoms with E-state index in [2.05, 4.69) is 22.5 Å². The van der Waals surface area contributed by atoms with Crippen LogP contribution in [0, 0.1) is 17.1 Å². The van der Waals surface area contributed by atoms with E-state index in [0.29, 0.717) is 16.9 Å². The van der Waals surface area contributed by atoms with Crippen LogP contribution in [0.4, 0.5) is 33.3 Å². The molecule has 2 atom stereocenters. The minimum absolute atomic E-state index is 0.0596. The fourth-order valence-corrected chi connectivity index (χ4v) is 6.33. The predicted molar refractivity (Wildman–Crippen MR) is 150 cm³/mol. The fraction of sp³-hybridized carbons (Fsp3) is 0.500. The van der Waals surface area contributed by atoms with E-state index < -0.39 is 35.3 Å². The molecule has 4 heterocycles. The Morgan fingerprint density at radius 2 is 1.98 bits per heavy atom. The van der Waals surface area contributed by atoms with E-state index in [9.17, 15) is 32.0 Å². The van der Waals surface area contributed by atoms with E-state index in [-0.39, 0.29) is 68.9 Å². The lowest BCUT2D eigenvalue weighted by atomic mass is 9.96. The highest BCUT2D eigenvalue weighted by molar-refractivity contribution is 5.91. The summed E-state index contributed by atoms with van der Waals surface area (Å²) in [5.74, 6) is -3.12. The number of carbonyl (C=O) groups is 1. The number of hydrogen-bond donors (Lipinski definition) is 0. The summed E-state index contributed by atoms with van der Waals surface area (Å²) in [7, 11) is 1.99. The monoisotopic (exact) mass is 604 g/mol. The van der Waals surface area contributed by atoms with Crippen molar-refractivity contribution >= 4 is 17.3 Å². The third-order valence-corrected chi connectivity index (χ3v) is 8.54. The number of alkyl halides is 3. The fourth-order valence-electron chi connectivity index (χ4n) is 6.33. The van der Waals surface area contributed by atoms with Gasteiger partial charge in [-0.25, -0.2) is 13.8 Å². The average Bonchev–Trinajstić information content (AvgIpc) is 3.37. The van der Waals surface area contributed by atoms with Gasteiger partial charge in [-0.3, -0.25) is 4.79 Å². The molecule has 2 saturated heterocycles. The van der Waals surface area contributed by atoms with Crippen LogP contribution in [0.25, 0.3) is 0 Å². The average molecular weight is 605 g/mol. The zero-order valence-electron chi connectivity index (χ0n) is 24.1. The Hall–Kier alpha value is -3.92. The normalized spacial score (nSPS) is 21.0. The van der Waals surface area contributed by atoms with Gasteiger partial charge in [0.25, 0.3) is 5.91 Å². The largest absolute Gasteiger partial charge is 0.475 e. The molecule has 3 aliphatic rings. The second-order valence-electron chi connectivity index (χ2n) is 11.3. The molecule has 1 aromatic carbocycles. The zero-order valence-corrected chi connectivity index (χ0v) is 24.1. The number of rotatable bonds is 6. The van der Waals surface area contributed by atoms with Gasteiger partial charge in [-0.2, -0.15) is 18.4 Å². The number of carbonyl (C=O) groups excluding carboxylic acids is 1. The first kappa shape index (κ1) is 30.5. The van der Waals surface area contributed by atoms with Crippen LogP contribution < -0.4 is 14.5 Å². The molecule has 43 heavy (non-hydrogen) atoms. The van der Waals surface area contributed by atoms with Crippen molar-refractivity contribution in [1.29, 1.82) is 5.26 Å². The van der Waals surface area contributed by atoms with Crippen molar-refractivity contribution in [2.45, 2.75) is 51.0 Å². The van der Waals surface area contributed by atoms with E-state index >= 15 is 0 Å². The number of amides is 1. The summed E-state index contributed by atoms with van der Waals surface area (Å²) in [6.45, 7) is 6.88. The highest BCUT2D eigenvalue weighted by Gasteiger charge is 2.40. The molecule has 3 aliphatic heterocycles. The highest BCUT2D eigenvalue weighted by Crippen LogP contribution is 2.42. The molecule has 8 nitrogen and oxygen atoms in total. The molecule has 0 N–H and O–H groups in total. The van der Waals surface area contributed by atoms with Crippen molar-refractivity contribution < 1.29 is 31.5 Å². The van der Waals surface area contributed by atoms with Gasteiger partial charge in [0.1, 0.15) is 29.6 Å². The van der Waals surface area contributed by atoms with Crippen LogP contribution in [0.5, 0.6) is 5.88 Å². The van der Waals surface area contributed by atoms with Crippen molar-refractivity contribution in [3.8, 4) is 11.9 Å². The van der Waals surface area contributed by atoms with Crippen LogP contribution in [-0.2, 0) is 23.9 Å². The molecular formula is C30H33F5N6O2. The Labute approximate surface area is 246 Å². The molecule has 0 spiro atoms. The summed E-state index contributed by atoms with van der Waals surface area (Å²) in [5, 5.41) is 10.3. The molecule has 13 heteroatoms. The Balaban J connectivity index is 1.54. The summed E-state index contributed by atoms with van der Waals surface area (Å²) < 4.78 is 75.9. The number of halogens is 5. The number of likely N-dealkylation sites (N-methyl/N-ethyl adjacent to an activating group) is 1. The lowest BCUT2D eigenvalue weighted by Gasteiger charge is -2.42. The van der Waals surface area contributed by atoms with Crippen molar-refractivity contribution in [2.24, 2.45) is 0 Å². The summed E-state index contributed by atoms with van der Waals surface area (Å²) in [6, 6.07) is 5.21. The molecule has 0 bridgehead atoms. The van der Waals surface area contributed by atoms with Crippen LogP contribution in [-0.4, -0.2) is 79.2 Å². The number of likely N-dealkylation sites (tertiary alicyclic amines) is 1. The molecule has 230 valence electrons. The van der Waals surface area contributed by atoms with Gasteiger partial charge in [0.2, 0.25) is 5.88 Å². The Morgan fingerprint density at radius 1 is 1.21 bits per heavy atom. The van der Waals surface area contributed by atoms with Crippen LogP contribution in [0.3, 0.4) is 0 Å². The summed E-state index contributed by atoms with van der Waals surface area (Å²) >= 11 is 0. The van der Waals surface area contributed by atoms with Gasteiger partial charge in [-0.05, 0) is 51.9 Å². The first-order chi connectivity index (χ1) is 20.4. The van der Waals surface area contributed by atoms with Gasteiger partial charge >= 0.3 is 6.18 Å². The second kappa shape index (κ2) is 12.0. The molecule has 5 rings (SSSR count). The molecule has 2 fully saturated rings. The smallest absolute Gasteiger partial charge is 0.421 e. The zero-order chi connectivity index (χ0) is 31.1. The standard InChI is InChI=1S/C30H33F5N6O2/c1-18-15-40(12-13-41(18)29(42)19(2)31)27-21-9-11-39(25-8-4-7-23(32)26(25)30(33,34)35)16-24(21)37-28(22(27)14-36)43-17-20-6-5-10-38(20)3/h4,7-8,18,20H,2,5-6,9-13,15-17H2,1,3H3. The van der Waals surface area contributed by atoms with E-state index in [0.717, 1.165) is 25.5 Å². The number of ether oxygens (including phenoxy) is 1. The van der Waals surface area contributed by atoms with Crippen LogP contribution in [0.1, 0.15) is 42.1 Å². The van der Waals surface area contributed by atoms with Crippen molar-refractivity contribution in [3.63, 3.8) is 0 Å². The maximum atomic E-state index is 14.4. The number of piperazine rings is 1. The van der Waals surface area contributed by atoms with Crippen LogP contribution in [0.2, 0.25) is 0 Å². The first-order valence-electron chi connectivity index (χ1n) is 14.2. The summed E-state index contributed by atoms with van der Waals surface area (Å²) in [5.41, 5.74) is 0.248. The van der Waals surface area contributed by atoms with Crippen molar-refractivity contribution in [3.05, 3.63) is 58.8 Å². The van der Waals surface area contributed by atoms with Gasteiger partial charge < -0.3 is 24.3 Å². The SMILES string of the molecule is C=C(F)C(=O)N1CCN(c2c(C#N)c(OCC3CCCN3C)nc3c2CCN(c2cccc(F)c2C(F)(F)F)C3)CC1C. The topological polar surface area (TPSA) is 75.9 Å². The van der Waals surface area contributed by atoms with Gasteiger partial charge in [0.15, 0.2) is 5.83 Å². The number of nitrogens with zero attached hydrogens (tertiary/aromatic N) is 6. The second-order valence-corrected chi connectivity index (χ2v) is 11.3. The van der Waals surface area contributed by atoms with E-state index in [4.69, 9.17) is 4.74 Å². The van der Waals surface area contributed by atoms with Gasteiger partial charge in [-0.1, -0.05) is 12.6 Å². The Morgan fingerprint density at radius 3 is 2.60 bits per heavy atom. The van der Waals surface area contributed by atoms with Crippen LogP contribution in [0.15, 0.2) is 30.6 Å². The van der Waals surface area contributed by atoms with E-state index in [1.54, 1.807) is 6.92 Å². The lowest BCUT2D eigenvalue weighted by molar-refractivity contribution is -0.139. The number of pyridine rings is 1. The van der Waals surface area contributed by atoms with Crippen molar-refractivity contribution in [1.82, 2.24) is 14.8 Å². The molecular weight excluding hydrogens is 571 g/mol. The Bertz CT molecular complexity index is 1460. The summed E-state index contributed by atoms with van der Waals surface area (Å²) in [4.78, 5) is 23.9. The number of hydrogen-bond acceptors (Lipinski definition) is 7. The van der Waals surface area contributed by atoms with Gasteiger partial charge in [0, 0.05) is 43.8 Å². The minimum atomic E-state index is -4.90. The quantitative estimate of drug-likeness (QED) is 0.351. The highest BCUT2D eigenvalue weighted by atomic mass is 19.4. The van der Waals surface area contributed by atoms with Gasteiger partial charge in [0.05, 0.1) is 23.6 Å². The molecule has 0 aliphatic carbocycles. The number of fused-ring (bicyclic) bond motifs is 1. The first-order valence-corrected chi connectivity index (χ1v) is 14.2. The number of nitriles is 1. The third kappa shape index (κ3) is 5.98. The maximum Gasteiger partial charge on any atom is 0.421 e. The molecule has 2 unspecified atom stereocenters. The summed E-state index contributed by atoms with van der Waals surface area (Å²) in [6.07, 6.45) is -2.74. The molecule has 0 saturated carbocycles.